The zero-order chi connectivity index (χ0) is 9.68. The first-order valence-corrected chi connectivity index (χ1v) is 5.06. The van der Waals surface area contributed by atoms with Gasteiger partial charge < -0.3 is 9.64 Å². The molecule has 1 rings (SSSR count). The molecule has 0 amide bonds. The van der Waals surface area contributed by atoms with Crippen LogP contribution in [0.25, 0.3) is 0 Å². The number of hydrogen-bond donors (Lipinski definition) is 0. The van der Waals surface area contributed by atoms with Crippen LogP contribution in [0, 0.1) is 0 Å². The Bertz CT molecular complexity index is 254. The summed E-state index contributed by atoms with van der Waals surface area (Å²) >= 11 is 6.75. The van der Waals surface area contributed by atoms with E-state index in [0.29, 0.717) is 17.6 Å². The normalized spacial score (nSPS) is 10.8. The Hall–Kier alpha value is -0.390. The van der Waals surface area contributed by atoms with E-state index in [0.717, 1.165) is 24.7 Å². The third-order valence-corrected chi connectivity index (χ3v) is 2.27. The van der Waals surface area contributed by atoms with Crippen molar-refractivity contribution >= 4 is 23.3 Å². The van der Waals surface area contributed by atoms with Gasteiger partial charge in [0.15, 0.2) is 0 Å². The van der Waals surface area contributed by atoms with Crippen LogP contribution in [0.15, 0.2) is 0 Å². The minimum atomic E-state index is 0.356. The molecule has 0 aromatic carbocycles. The van der Waals surface area contributed by atoms with Gasteiger partial charge in [-0.2, -0.15) is 4.37 Å². The molecule has 13 heavy (non-hydrogen) atoms. The first kappa shape index (κ1) is 10.7. The molecule has 0 unspecified atom stereocenters. The lowest BCUT2D eigenvalue weighted by molar-refractivity contribution is 0.275. The second kappa shape index (κ2) is 5.36. The highest BCUT2D eigenvalue weighted by molar-refractivity contribution is 6.99. The molecule has 0 aliphatic heterocycles. The van der Waals surface area contributed by atoms with E-state index in [1.807, 2.05) is 14.1 Å². The van der Waals surface area contributed by atoms with Gasteiger partial charge >= 0.3 is 0 Å². The van der Waals surface area contributed by atoms with Crippen molar-refractivity contribution in [1.82, 2.24) is 13.6 Å². The zero-order valence-corrected chi connectivity index (χ0v) is 9.23. The molecule has 0 aliphatic carbocycles. The van der Waals surface area contributed by atoms with Gasteiger partial charge in [0.1, 0.15) is 0 Å². The largest absolute Gasteiger partial charge is 0.475 e. The highest BCUT2D eigenvalue weighted by Crippen LogP contribution is 2.20. The summed E-state index contributed by atoms with van der Waals surface area (Å²) < 4.78 is 13.0. The third kappa shape index (κ3) is 3.89. The van der Waals surface area contributed by atoms with Gasteiger partial charge in [-0.05, 0) is 20.5 Å². The Labute approximate surface area is 86.8 Å². The van der Waals surface area contributed by atoms with Crippen LogP contribution in [0.2, 0.25) is 5.15 Å². The molecule has 4 nitrogen and oxygen atoms in total. The van der Waals surface area contributed by atoms with E-state index in [-0.39, 0.29) is 0 Å². The summed E-state index contributed by atoms with van der Waals surface area (Å²) in [6.07, 6.45) is 0.959. The van der Waals surface area contributed by atoms with E-state index < -0.39 is 0 Å². The fourth-order valence-electron chi connectivity index (χ4n) is 0.806. The predicted molar refractivity (Wildman–Crippen MR) is 53.6 cm³/mol. The molecule has 0 atom stereocenters. The van der Waals surface area contributed by atoms with Gasteiger partial charge in [-0.1, -0.05) is 11.6 Å². The summed E-state index contributed by atoms with van der Waals surface area (Å²) in [6, 6.07) is 0. The van der Waals surface area contributed by atoms with Crippen LogP contribution in [0.3, 0.4) is 0 Å². The van der Waals surface area contributed by atoms with Gasteiger partial charge in [0.25, 0.3) is 5.88 Å². The molecule has 0 saturated heterocycles. The zero-order valence-electron chi connectivity index (χ0n) is 7.66. The van der Waals surface area contributed by atoms with Crippen LogP contribution in [0.5, 0.6) is 5.88 Å². The van der Waals surface area contributed by atoms with Gasteiger partial charge in [-0.3, -0.25) is 0 Å². The second-order valence-electron chi connectivity index (χ2n) is 2.87. The SMILES string of the molecule is CN(C)CCCOc1nsnc1Cl. The lowest BCUT2D eigenvalue weighted by Crippen LogP contribution is -2.15. The van der Waals surface area contributed by atoms with Crippen molar-refractivity contribution in [3.05, 3.63) is 5.15 Å². The fourth-order valence-corrected chi connectivity index (χ4v) is 1.45. The number of nitrogens with zero attached hydrogens (tertiary/aromatic N) is 3. The molecule has 0 aliphatic rings. The topological polar surface area (TPSA) is 38.2 Å². The molecule has 0 fully saturated rings. The Morgan fingerprint density at radius 3 is 2.77 bits per heavy atom. The Kier molecular flexibility index (Phi) is 4.41. The van der Waals surface area contributed by atoms with Crippen molar-refractivity contribution in [2.45, 2.75) is 6.42 Å². The minimum Gasteiger partial charge on any atom is -0.475 e. The highest BCUT2D eigenvalue weighted by Gasteiger charge is 2.05. The van der Waals surface area contributed by atoms with Crippen molar-refractivity contribution in [1.29, 1.82) is 0 Å². The molecular weight excluding hydrogens is 210 g/mol. The lowest BCUT2D eigenvalue weighted by atomic mass is 10.4. The highest BCUT2D eigenvalue weighted by atomic mass is 35.5. The molecule has 0 N–H and O–H groups in total. The lowest BCUT2D eigenvalue weighted by Gasteiger charge is -2.08. The Balaban J connectivity index is 2.17. The molecular formula is C7H12ClN3OS. The maximum Gasteiger partial charge on any atom is 0.265 e. The van der Waals surface area contributed by atoms with Gasteiger partial charge in [0.2, 0.25) is 5.15 Å². The van der Waals surface area contributed by atoms with E-state index in [4.69, 9.17) is 16.3 Å². The van der Waals surface area contributed by atoms with Crippen molar-refractivity contribution in [2.24, 2.45) is 0 Å². The number of halogens is 1. The van der Waals surface area contributed by atoms with E-state index in [9.17, 15) is 0 Å². The molecule has 0 spiro atoms. The van der Waals surface area contributed by atoms with Crippen LogP contribution in [0.4, 0.5) is 0 Å². The van der Waals surface area contributed by atoms with Crippen molar-refractivity contribution in [3.63, 3.8) is 0 Å². The van der Waals surface area contributed by atoms with Gasteiger partial charge in [-0.15, -0.1) is 4.37 Å². The minimum absolute atomic E-state index is 0.356. The average Bonchev–Trinajstić information content (AvgIpc) is 2.45. The molecule has 1 aromatic rings. The summed E-state index contributed by atoms with van der Waals surface area (Å²) in [5, 5.41) is 0.356. The van der Waals surface area contributed by atoms with Crippen molar-refractivity contribution < 1.29 is 4.74 Å². The van der Waals surface area contributed by atoms with Gasteiger partial charge in [0.05, 0.1) is 18.3 Å². The number of rotatable bonds is 5. The van der Waals surface area contributed by atoms with Crippen molar-refractivity contribution in [2.75, 3.05) is 27.2 Å². The van der Waals surface area contributed by atoms with Crippen molar-refractivity contribution in [3.8, 4) is 5.88 Å². The van der Waals surface area contributed by atoms with E-state index in [1.54, 1.807) is 0 Å². The van der Waals surface area contributed by atoms with E-state index in [2.05, 4.69) is 13.6 Å². The maximum absolute atomic E-state index is 5.68. The molecule has 1 aromatic heterocycles. The summed E-state index contributed by atoms with van der Waals surface area (Å²) in [5.41, 5.74) is 0. The quantitative estimate of drug-likeness (QED) is 0.707. The van der Waals surface area contributed by atoms with Crippen LogP contribution in [-0.2, 0) is 0 Å². The standard InChI is InChI=1S/C7H12ClN3OS/c1-11(2)4-3-5-12-7-6(8)9-13-10-7/h3-5H2,1-2H3. The second-order valence-corrected chi connectivity index (χ2v) is 3.75. The molecule has 1 heterocycles. The van der Waals surface area contributed by atoms with Crippen LogP contribution in [-0.4, -0.2) is 40.9 Å². The average molecular weight is 222 g/mol. The number of ether oxygens (including phenoxy) is 1. The Morgan fingerprint density at radius 2 is 2.23 bits per heavy atom. The first-order valence-electron chi connectivity index (χ1n) is 3.95. The van der Waals surface area contributed by atoms with Gasteiger partial charge in [-0.25, -0.2) is 0 Å². The summed E-state index contributed by atoms with van der Waals surface area (Å²) in [5.74, 6) is 0.449. The monoisotopic (exact) mass is 221 g/mol. The van der Waals surface area contributed by atoms with E-state index in [1.165, 1.54) is 0 Å². The van der Waals surface area contributed by atoms with Crippen LogP contribution >= 0.6 is 23.3 Å². The summed E-state index contributed by atoms with van der Waals surface area (Å²) in [4.78, 5) is 2.10. The molecule has 0 saturated carbocycles. The summed E-state index contributed by atoms with van der Waals surface area (Å²) in [7, 11) is 4.05. The maximum atomic E-state index is 5.68. The van der Waals surface area contributed by atoms with Crippen LogP contribution in [0.1, 0.15) is 6.42 Å². The molecule has 0 bridgehead atoms. The smallest absolute Gasteiger partial charge is 0.265 e. The number of hydrogen-bond acceptors (Lipinski definition) is 5. The van der Waals surface area contributed by atoms with Gasteiger partial charge in [0, 0.05) is 6.54 Å². The summed E-state index contributed by atoms with van der Waals surface area (Å²) in [6.45, 7) is 1.62. The number of aromatic nitrogens is 2. The Morgan fingerprint density at radius 1 is 1.46 bits per heavy atom. The molecule has 74 valence electrons. The van der Waals surface area contributed by atoms with E-state index >= 15 is 0 Å². The molecule has 0 radical (unpaired) electrons. The molecule has 6 heteroatoms. The first-order chi connectivity index (χ1) is 6.20. The predicted octanol–water partition coefficient (Wildman–Crippen LogP) is 1.52. The van der Waals surface area contributed by atoms with Crippen LogP contribution < -0.4 is 4.74 Å². The third-order valence-electron chi connectivity index (χ3n) is 1.41. The fraction of sp³-hybridized carbons (Fsp3) is 0.714.